The lowest BCUT2D eigenvalue weighted by molar-refractivity contribution is -0.111. The zero-order valence-corrected chi connectivity index (χ0v) is 22.6. The van der Waals surface area contributed by atoms with Gasteiger partial charge in [0, 0.05) is 37.7 Å². The van der Waals surface area contributed by atoms with Gasteiger partial charge in [-0.05, 0) is 54.1 Å². The zero-order valence-electron chi connectivity index (χ0n) is 18.7. The van der Waals surface area contributed by atoms with E-state index >= 15 is 0 Å². The number of nitrogens with one attached hydrogen (secondary N) is 1. The maximum absolute atomic E-state index is 12.4. The van der Waals surface area contributed by atoms with Crippen LogP contribution in [0, 0.1) is 0 Å². The molecule has 0 aliphatic rings. The first kappa shape index (κ1) is 26.3. The van der Waals surface area contributed by atoms with Crippen molar-refractivity contribution in [2.24, 2.45) is 0 Å². The van der Waals surface area contributed by atoms with Crippen molar-refractivity contribution in [3.05, 3.63) is 97.3 Å². The maximum Gasteiger partial charge on any atom is 0.250 e. The average Bonchev–Trinajstić information content (AvgIpc) is 3.30. The van der Waals surface area contributed by atoms with E-state index in [1.54, 1.807) is 60.7 Å². The number of carbonyl (C=O) groups is 1. The molecular weight excluding hydrogens is 562 g/mol. The predicted octanol–water partition coefficient (Wildman–Crippen LogP) is 8.66. The quantitative estimate of drug-likeness (QED) is 0.212. The van der Waals surface area contributed by atoms with Gasteiger partial charge in [-0.1, -0.05) is 58.5 Å². The summed E-state index contributed by atoms with van der Waals surface area (Å²) in [5.41, 5.74) is 2.82. The predicted molar refractivity (Wildman–Crippen MR) is 149 cm³/mol. The minimum Gasteiger partial charge on any atom is -0.493 e. The molecule has 0 aliphatic carbocycles. The average molecular weight is 580 g/mol. The fourth-order valence-electron chi connectivity index (χ4n) is 3.20. The van der Waals surface area contributed by atoms with E-state index in [9.17, 15) is 4.79 Å². The summed E-state index contributed by atoms with van der Waals surface area (Å²) in [6, 6.07) is 15.8. The van der Waals surface area contributed by atoms with E-state index in [0.29, 0.717) is 48.0 Å². The van der Waals surface area contributed by atoms with Gasteiger partial charge in [-0.25, -0.2) is 4.98 Å². The number of methoxy groups -OCH3 is 1. The normalized spacial score (nSPS) is 11.0. The minimum atomic E-state index is -0.328. The molecule has 184 valence electrons. The number of hydrogen-bond donors (Lipinski definition) is 1. The highest BCUT2D eigenvalue weighted by Gasteiger charge is 2.12. The molecule has 0 fully saturated rings. The number of aromatic nitrogens is 1. The van der Waals surface area contributed by atoms with Crippen LogP contribution >= 0.6 is 57.7 Å². The van der Waals surface area contributed by atoms with E-state index in [4.69, 9.17) is 55.9 Å². The first-order valence-electron chi connectivity index (χ1n) is 10.5. The molecular formula is C26H18Cl4N2O3S. The van der Waals surface area contributed by atoms with Crippen LogP contribution in [0.4, 0.5) is 5.13 Å². The van der Waals surface area contributed by atoms with Gasteiger partial charge in [0.15, 0.2) is 16.6 Å². The molecule has 0 aliphatic heterocycles. The number of amides is 1. The Balaban J connectivity index is 1.40. The Morgan fingerprint density at radius 3 is 2.50 bits per heavy atom. The van der Waals surface area contributed by atoms with Crippen LogP contribution in [0.3, 0.4) is 0 Å². The lowest BCUT2D eigenvalue weighted by Crippen LogP contribution is -2.07. The number of halogens is 4. The van der Waals surface area contributed by atoms with Crippen molar-refractivity contribution in [1.29, 1.82) is 0 Å². The molecule has 0 unspecified atom stereocenters. The van der Waals surface area contributed by atoms with Crippen molar-refractivity contribution in [3.63, 3.8) is 0 Å². The third kappa shape index (κ3) is 6.52. The Bertz CT molecular complexity index is 1420. The summed E-state index contributed by atoms with van der Waals surface area (Å²) >= 11 is 25.9. The van der Waals surface area contributed by atoms with Crippen molar-refractivity contribution in [1.82, 2.24) is 4.98 Å². The number of anilines is 1. The number of ether oxygens (including phenoxy) is 2. The molecule has 0 bridgehead atoms. The molecule has 36 heavy (non-hydrogen) atoms. The molecule has 0 radical (unpaired) electrons. The van der Waals surface area contributed by atoms with Crippen LogP contribution in [0.2, 0.25) is 20.1 Å². The lowest BCUT2D eigenvalue weighted by atomic mass is 10.2. The summed E-state index contributed by atoms with van der Waals surface area (Å²) in [6.45, 7) is 0.184. The highest BCUT2D eigenvalue weighted by molar-refractivity contribution is 7.14. The Morgan fingerprint density at radius 2 is 1.78 bits per heavy atom. The van der Waals surface area contributed by atoms with E-state index in [2.05, 4.69) is 10.3 Å². The van der Waals surface area contributed by atoms with Crippen molar-refractivity contribution >= 4 is 74.9 Å². The van der Waals surface area contributed by atoms with E-state index in [1.165, 1.54) is 24.5 Å². The number of rotatable bonds is 8. The second-order valence-corrected chi connectivity index (χ2v) is 9.90. The van der Waals surface area contributed by atoms with Crippen molar-refractivity contribution in [2.75, 3.05) is 12.4 Å². The van der Waals surface area contributed by atoms with Crippen LogP contribution in [0.1, 0.15) is 11.1 Å². The molecule has 4 aromatic rings. The molecule has 0 spiro atoms. The summed E-state index contributed by atoms with van der Waals surface area (Å²) in [7, 11) is 1.54. The van der Waals surface area contributed by atoms with Gasteiger partial charge in [0.2, 0.25) is 5.91 Å². The van der Waals surface area contributed by atoms with Gasteiger partial charge in [-0.3, -0.25) is 10.1 Å². The molecule has 0 saturated carbocycles. The van der Waals surface area contributed by atoms with E-state index < -0.39 is 0 Å². The largest absolute Gasteiger partial charge is 0.493 e. The van der Waals surface area contributed by atoms with Crippen molar-refractivity contribution < 1.29 is 14.3 Å². The van der Waals surface area contributed by atoms with Crippen LogP contribution in [-0.2, 0) is 11.4 Å². The molecule has 10 heteroatoms. The monoisotopic (exact) mass is 578 g/mol. The first-order valence-corrected chi connectivity index (χ1v) is 12.9. The molecule has 1 N–H and O–H groups in total. The zero-order chi connectivity index (χ0) is 25.7. The highest BCUT2D eigenvalue weighted by Crippen LogP contribution is 2.33. The van der Waals surface area contributed by atoms with Gasteiger partial charge < -0.3 is 9.47 Å². The maximum atomic E-state index is 12.4. The van der Waals surface area contributed by atoms with Crippen LogP contribution in [0.25, 0.3) is 17.3 Å². The van der Waals surface area contributed by atoms with E-state index in [1.807, 2.05) is 5.38 Å². The Morgan fingerprint density at radius 1 is 1.00 bits per heavy atom. The number of hydrogen-bond acceptors (Lipinski definition) is 5. The summed E-state index contributed by atoms with van der Waals surface area (Å²) in [5, 5.41) is 7.09. The first-order chi connectivity index (χ1) is 17.3. The highest BCUT2D eigenvalue weighted by atomic mass is 35.5. The summed E-state index contributed by atoms with van der Waals surface area (Å²) < 4.78 is 11.3. The van der Waals surface area contributed by atoms with Crippen molar-refractivity contribution in [3.8, 4) is 22.8 Å². The molecule has 0 saturated heterocycles. The van der Waals surface area contributed by atoms with E-state index in [0.717, 1.165) is 11.1 Å². The van der Waals surface area contributed by atoms with Gasteiger partial charge in [0.25, 0.3) is 0 Å². The summed E-state index contributed by atoms with van der Waals surface area (Å²) in [4.78, 5) is 16.9. The number of carbonyl (C=O) groups excluding carboxylic acids is 1. The van der Waals surface area contributed by atoms with Gasteiger partial charge in [0.1, 0.15) is 6.61 Å². The fraction of sp³-hybridized carbons (Fsp3) is 0.0769. The minimum absolute atomic E-state index is 0.184. The van der Waals surface area contributed by atoms with Crippen LogP contribution in [0.15, 0.2) is 66.1 Å². The number of thiazole rings is 1. The Labute approximate surface area is 232 Å². The van der Waals surface area contributed by atoms with Gasteiger partial charge in [0.05, 0.1) is 17.8 Å². The molecule has 3 aromatic carbocycles. The van der Waals surface area contributed by atoms with Gasteiger partial charge in [-0.15, -0.1) is 11.3 Å². The van der Waals surface area contributed by atoms with Crippen LogP contribution in [-0.4, -0.2) is 18.0 Å². The van der Waals surface area contributed by atoms with Gasteiger partial charge in [-0.2, -0.15) is 0 Å². The van der Waals surface area contributed by atoms with E-state index in [-0.39, 0.29) is 12.5 Å². The van der Waals surface area contributed by atoms with Crippen molar-refractivity contribution in [2.45, 2.75) is 6.61 Å². The number of benzene rings is 3. The third-order valence-electron chi connectivity index (χ3n) is 4.99. The molecule has 1 aromatic heterocycles. The third-order valence-corrected chi connectivity index (χ3v) is 7.00. The Kier molecular flexibility index (Phi) is 8.77. The van der Waals surface area contributed by atoms with Crippen LogP contribution < -0.4 is 14.8 Å². The smallest absolute Gasteiger partial charge is 0.250 e. The molecule has 1 heterocycles. The molecule has 5 nitrogen and oxygen atoms in total. The standard InChI is InChI=1S/C26H18Cl4N2O3S/c1-34-24-11-15(5-9-23(24)35-13-18-19(28)3-2-4-20(18)29)6-10-25(33)32-26-31-22(14-36-26)17-8-7-16(27)12-21(17)30/h2-12,14H,13H2,1H3,(H,31,32,33)/b10-6+. The topological polar surface area (TPSA) is 60.5 Å². The molecule has 0 atom stereocenters. The summed E-state index contributed by atoms with van der Waals surface area (Å²) in [5.74, 6) is 0.696. The second-order valence-electron chi connectivity index (χ2n) is 7.38. The Hall–Kier alpha value is -2.74. The second kappa shape index (κ2) is 12.0. The summed E-state index contributed by atoms with van der Waals surface area (Å²) in [6.07, 6.45) is 3.08. The van der Waals surface area contributed by atoms with Crippen LogP contribution in [0.5, 0.6) is 11.5 Å². The molecule has 1 amide bonds. The molecule has 4 rings (SSSR count). The van der Waals surface area contributed by atoms with Gasteiger partial charge >= 0.3 is 0 Å². The lowest BCUT2D eigenvalue weighted by Gasteiger charge is -2.13. The number of nitrogens with zero attached hydrogens (tertiary/aromatic N) is 1. The SMILES string of the molecule is COc1cc(/C=C/C(=O)Nc2nc(-c3ccc(Cl)cc3Cl)cs2)ccc1OCc1c(Cl)cccc1Cl. The fourth-order valence-corrected chi connectivity index (χ4v) is 4.92.